The lowest BCUT2D eigenvalue weighted by Crippen LogP contribution is -1.99. The van der Waals surface area contributed by atoms with E-state index in [2.05, 4.69) is 0 Å². The zero-order valence-corrected chi connectivity index (χ0v) is 8.93. The smallest absolute Gasteiger partial charge is 0.155 e. The van der Waals surface area contributed by atoms with Crippen LogP contribution in [0.1, 0.15) is 57.8 Å². The molecule has 0 radical (unpaired) electrons. The van der Waals surface area contributed by atoms with Gasteiger partial charge in [-0.1, -0.05) is 24.8 Å². The van der Waals surface area contributed by atoms with Crippen molar-refractivity contribution < 1.29 is 4.79 Å². The van der Waals surface area contributed by atoms with E-state index in [1.54, 1.807) is 0 Å². The molecular formula is C13H20O. The average molecular weight is 192 g/mol. The van der Waals surface area contributed by atoms with Gasteiger partial charge in [0.15, 0.2) is 5.78 Å². The van der Waals surface area contributed by atoms with Gasteiger partial charge in [-0.25, -0.2) is 0 Å². The molecule has 0 aromatic rings. The van der Waals surface area contributed by atoms with E-state index in [9.17, 15) is 4.79 Å². The number of allylic oxidation sites excluding steroid dienone is 2. The fourth-order valence-electron chi connectivity index (χ4n) is 2.20. The number of carbonyl (C=O) groups excluding carboxylic acids is 1. The number of ketones is 1. The molecule has 0 N–H and O–H groups in total. The highest BCUT2D eigenvalue weighted by Crippen LogP contribution is 2.33. The highest BCUT2D eigenvalue weighted by molar-refractivity contribution is 5.90. The normalized spacial score (nSPS) is 22.1. The van der Waals surface area contributed by atoms with Crippen LogP contribution >= 0.6 is 0 Å². The van der Waals surface area contributed by atoms with Crippen LogP contribution < -0.4 is 0 Å². The van der Waals surface area contributed by atoms with Gasteiger partial charge in [0.05, 0.1) is 0 Å². The van der Waals surface area contributed by atoms with Crippen LogP contribution in [0.15, 0.2) is 11.6 Å². The molecule has 1 nitrogen and oxygen atoms in total. The van der Waals surface area contributed by atoms with Gasteiger partial charge in [-0.3, -0.25) is 4.79 Å². The molecule has 2 fully saturated rings. The van der Waals surface area contributed by atoms with Crippen LogP contribution in [0.5, 0.6) is 0 Å². The molecule has 0 saturated heterocycles. The van der Waals surface area contributed by atoms with Gasteiger partial charge in [-0.2, -0.15) is 0 Å². The molecule has 0 aliphatic heterocycles. The second-order valence-electron chi connectivity index (χ2n) is 4.81. The second-order valence-corrected chi connectivity index (χ2v) is 4.81. The summed E-state index contributed by atoms with van der Waals surface area (Å²) in [5.74, 6) is 1.28. The highest BCUT2D eigenvalue weighted by atomic mass is 16.1. The van der Waals surface area contributed by atoms with Gasteiger partial charge in [0, 0.05) is 6.42 Å². The Bertz CT molecular complexity index is 228. The largest absolute Gasteiger partial charge is 0.295 e. The van der Waals surface area contributed by atoms with Crippen molar-refractivity contribution in [1.29, 1.82) is 0 Å². The van der Waals surface area contributed by atoms with E-state index in [1.807, 2.05) is 6.08 Å². The lowest BCUT2D eigenvalue weighted by molar-refractivity contribution is -0.114. The summed E-state index contributed by atoms with van der Waals surface area (Å²) in [7, 11) is 0. The van der Waals surface area contributed by atoms with Crippen LogP contribution in [-0.4, -0.2) is 5.78 Å². The lowest BCUT2D eigenvalue weighted by atomic mass is 9.93. The average Bonchev–Trinajstić information content (AvgIpc) is 3.00. The van der Waals surface area contributed by atoms with Crippen molar-refractivity contribution in [3.05, 3.63) is 11.6 Å². The Hall–Kier alpha value is -0.590. The summed E-state index contributed by atoms with van der Waals surface area (Å²) in [6.07, 6.45) is 12.9. The van der Waals surface area contributed by atoms with Crippen molar-refractivity contribution in [3.63, 3.8) is 0 Å². The van der Waals surface area contributed by atoms with Gasteiger partial charge in [0.25, 0.3) is 0 Å². The Morgan fingerprint density at radius 1 is 1.21 bits per heavy atom. The third kappa shape index (κ3) is 3.28. The summed E-state index contributed by atoms with van der Waals surface area (Å²) in [4.78, 5) is 11.6. The van der Waals surface area contributed by atoms with E-state index in [0.29, 0.717) is 5.78 Å². The number of hydrogen-bond acceptors (Lipinski definition) is 1. The summed E-state index contributed by atoms with van der Waals surface area (Å²) >= 11 is 0. The first-order valence-corrected chi connectivity index (χ1v) is 6.07. The van der Waals surface area contributed by atoms with Crippen LogP contribution in [0.2, 0.25) is 0 Å². The van der Waals surface area contributed by atoms with Gasteiger partial charge >= 0.3 is 0 Å². The van der Waals surface area contributed by atoms with Crippen molar-refractivity contribution >= 4 is 5.78 Å². The Labute approximate surface area is 86.6 Å². The topological polar surface area (TPSA) is 17.1 Å². The number of rotatable bonds is 4. The standard InChI is InChI=1S/C13H20O/c14-13(9-8-11-6-7-11)10-12-4-2-1-3-5-12/h10-11H,1-9H2. The number of hydrogen-bond donors (Lipinski definition) is 0. The third-order valence-corrected chi connectivity index (χ3v) is 3.36. The molecular weight excluding hydrogens is 172 g/mol. The highest BCUT2D eigenvalue weighted by Gasteiger charge is 2.21. The van der Waals surface area contributed by atoms with Gasteiger partial charge < -0.3 is 0 Å². The fourth-order valence-corrected chi connectivity index (χ4v) is 2.20. The van der Waals surface area contributed by atoms with E-state index in [4.69, 9.17) is 0 Å². The first-order valence-electron chi connectivity index (χ1n) is 6.07. The molecule has 0 aromatic heterocycles. The van der Waals surface area contributed by atoms with Gasteiger partial charge in [0.2, 0.25) is 0 Å². The first kappa shape index (κ1) is 9.95. The Kier molecular flexibility index (Phi) is 3.39. The van der Waals surface area contributed by atoms with Crippen molar-refractivity contribution in [1.82, 2.24) is 0 Å². The van der Waals surface area contributed by atoms with E-state index in [1.165, 1.54) is 50.5 Å². The lowest BCUT2D eigenvalue weighted by Gasteiger charge is -2.12. The SMILES string of the molecule is O=C(C=C1CCCCC1)CCC1CC1. The fraction of sp³-hybridized carbons (Fsp3) is 0.769. The summed E-state index contributed by atoms with van der Waals surface area (Å²) < 4.78 is 0. The molecule has 0 aromatic carbocycles. The summed E-state index contributed by atoms with van der Waals surface area (Å²) in [5, 5.41) is 0. The monoisotopic (exact) mass is 192 g/mol. The van der Waals surface area contributed by atoms with Crippen LogP contribution in [-0.2, 0) is 4.79 Å². The maximum Gasteiger partial charge on any atom is 0.155 e. The molecule has 2 rings (SSSR count). The molecule has 1 heteroatoms. The minimum absolute atomic E-state index is 0.383. The van der Waals surface area contributed by atoms with Gasteiger partial charge in [-0.05, 0) is 44.1 Å². The van der Waals surface area contributed by atoms with Crippen LogP contribution in [0, 0.1) is 5.92 Å². The van der Waals surface area contributed by atoms with Crippen molar-refractivity contribution in [2.75, 3.05) is 0 Å². The molecule has 0 heterocycles. The predicted octanol–water partition coefficient (Wildman–Crippen LogP) is 3.64. The third-order valence-electron chi connectivity index (χ3n) is 3.36. The molecule has 0 unspecified atom stereocenters. The van der Waals surface area contributed by atoms with Crippen molar-refractivity contribution in [3.8, 4) is 0 Å². The van der Waals surface area contributed by atoms with Gasteiger partial charge in [0.1, 0.15) is 0 Å². The van der Waals surface area contributed by atoms with Gasteiger partial charge in [-0.15, -0.1) is 0 Å². The quantitative estimate of drug-likeness (QED) is 0.621. The zero-order valence-electron chi connectivity index (χ0n) is 8.93. The van der Waals surface area contributed by atoms with E-state index < -0.39 is 0 Å². The van der Waals surface area contributed by atoms with E-state index >= 15 is 0 Å². The first-order chi connectivity index (χ1) is 6.84. The maximum absolute atomic E-state index is 11.6. The summed E-state index contributed by atoms with van der Waals surface area (Å²) in [6.45, 7) is 0. The molecule has 0 amide bonds. The summed E-state index contributed by atoms with van der Waals surface area (Å²) in [6, 6.07) is 0. The minimum atomic E-state index is 0.383. The van der Waals surface area contributed by atoms with Crippen LogP contribution in [0.4, 0.5) is 0 Å². The molecule has 0 spiro atoms. The Morgan fingerprint density at radius 2 is 1.93 bits per heavy atom. The molecule has 14 heavy (non-hydrogen) atoms. The van der Waals surface area contributed by atoms with Crippen LogP contribution in [0.3, 0.4) is 0 Å². The molecule has 0 bridgehead atoms. The minimum Gasteiger partial charge on any atom is -0.295 e. The molecule has 0 atom stereocenters. The second kappa shape index (κ2) is 4.77. The zero-order chi connectivity index (χ0) is 9.80. The molecule has 78 valence electrons. The Balaban J connectivity index is 1.72. The van der Waals surface area contributed by atoms with Crippen molar-refractivity contribution in [2.24, 2.45) is 5.92 Å². The van der Waals surface area contributed by atoms with E-state index in [-0.39, 0.29) is 0 Å². The summed E-state index contributed by atoms with van der Waals surface area (Å²) in [5.41, 5.74) is 1.41. The molecule has 2 aliphatic rings. The van der Waals surface area contributed by atoms with Crippen molar-refractivity contribution in [2.45, 2.75) is 57.8 Å². The Morgan fingerprint density at radius 3 is 2.57 bits per heavy atom. The maximum atomic E-state index is 11.6. The predicted molar refractivity (Wildman–Crippen MR) is 58.1 cm³/mol. The van der Waals surface area contributed by atoms with Crippen LogP contribution in [0.25, 0.3) is 0 Å². The number of carbonyl (C=O) groups is 1. The molecule has 2 aliphatic carbocycles. The molecule has 2 saturated carbocycles. The van der Waals surface area contributed by atoms with E-state index in [0.717, 1.165) is 18.8 Å².